The molecule has 0 fully saturated rings. The van der Waals surface area contributed by atoms with Crippen LogP contribution in [0.5, 0.6) is 0 Å². The van der Waals surface area contributed by atoms with Crippen molar-refractivity contribution in [3.05, 3.63) is 59.1 Å². The van der Waals surface area contributed by atoms with Crippen molar-refractivity contribution in [1.29, 1.82) is 0 Å². The van der Waals surface area contributed by atoms with Gasteiger partial charge < -0.3 is 4.90 Å². The summed E-state index contributed by atoms with van der Waals surface area (Å²) in [5.74, 6) is -0.175. The third-order valence-electron chi connectivity index (χ3n) is 2.75. The molecule has 5 heteroatoms. The average Bonchev–Trinajstić information content (AvgIpc) is 2.45. The minimum Gasteiger partial charge on any atom is -0.340 e. The van der Waals surface area contributed by atoms with E-state index in [1.54, 1.807) is 11.9 Å². The number of likely N-dealkylation sites (N-methyl/N-ethyl adjacent to an activating group) is 1. The fraction of sp³-hybridized carbons (Fsp3) is 0.214. The average molecular weight is 276 g/mol. The Morgan fingerprint density at radius 3 is 2.68 bits per heavy atom. The molecule has 0 aliphatic rings. The van der Waals surface area contributed by atoms with Gasteiger partial charge in [0.15, 0.2) is 0 Å². The van der Waals surface area contributed by atoms with Crippen LogP contribution >= 0.6 is 11.6 Å². The molecule has 1 aromatic carbocycles. The summed E-state index contributed by atoms with van der Waals surface area (Å²) in [6, 6.07) is 10.0. The zero-order valence-corrected chi connectivity index (χ0v) is 11.3. The van der Waals surface area contributed by atoms with Crippen LogP contribution in [0.4, 0.5) is 0 Å². The Labute approximate surface area is 117 Å². The molecule has 0 saturated heterocycles. The standard InChI is InChI=1S/C14H14ClN3O/c1-18(8-7-11-5-3-2-4-6-11)14(19)12-9-16-10-13(15)17-12/h2-6,9-10H,7-8H2,1H3. The van der Waals surface area contributed by atoms with E-state index >= 15 is 0 Å². The molecule has 1 heterocycles. The molecule has 0 aliphatic heterocycles. The maximum absolute atomic E-state index is 12.1. The van der Waals surface area contributed by atoms with Crippen molar-refractivity contribution in [3.8, 4) is 0 Å². The topological polar surface area (TPSA) is 46.1 Å². The number of carbonyl (C=O) groups excluding carboxylic acids is 1. The smallest absolute Gasteiger partial charge is 0.273 e. The van der Waals surface area contributed by atoms with E-state index in [4.69, 9.17) is 11.6 Å². The largest absolute Gasteiger partial charge is 0.340 e. The van der Waals surface area contributed by atoms with Crippen LogP contribution in [0.15, 0.2) is 42.7 Å². The highest BCUT2D eigenvalue weighted by atomic mass is 35.5. The van der Waals surface area contributed by atoms with Crippen molar-refractivity contribution in [3.63, 3.8) is 0 Å². The van der Waals surface area contributed by atoms with Crippen molar-refractivity contribution >= 4 is 17.5 Å². The first-order valence-electron chi connectivity index (χ1n) is 5.94. The van der Waals surface area contributed by atoms with Crippen LogP contribution < -0.4 is 0 Å². The quantitative estimate of drug-likeness (QED) is 0.861. The summed E-state index contributed by atoms with van der Waals surface area (Å²) < 4.78 is 0. The molecule has 19 heavy (non-hydrogen) atoms. The Morgan fingerprint density at radius 1 is 1.26 bits per heavy atom. The van der Waals surface area contributed by atoms with E-state index < -0.39 is 0 Å². The van der Waals surface area contributed by atoms with Gasteiger partial charge in [-0.05, 0) is 12.0 Å². The zero-order chi connectivity index (χ0) is 13.7. The van der Waals surface area contributed by atoms with Gasteiger partial charge in [-0.25, -0.2) is 4.98 Å². The maximum atomic E-state index is 12.1. The van der Waals surface area contributed by atoms with Crippen LogP contribution in [0.1, 0.15) is 16.1 Å². The van der Waals surface area contributed by atoms with E-state index in [-0.39, 0.29) is 16.8 Å². The second-order valence-electron chi connectivity index (χ2n) is 4.19. The normalized spacial score (nSPS) is 10.2. The first-order chi connectivity index (χ1) is 9.16. The van der Waals surface area contributed by atoms with Gasteiger partial charge in [0, 0.05) is 13.6 Å². The lowest BCUT2D eigenvalue weighted by Gasteiger charge is -2.16. The molecule has 0 N–H and O–H groups in total. The molecule has 0 bridgehead atoms. The summed E-state index contributed by atoms with van der Waals surface area (Å²) in [5.41, 5.74) is 1.46. The van der Waals surface area contributed by atoms with Crippen molar-refractivity contribution in [2.45, 2.75) is 6.42 Å². The fourth-order valence-corrected chi connectivity index (χ4v) is 1.83. The van der Waals surface area contributed by atoms with E-state index in [9.17, 15) is 4.79 Å². The van der Waals surface area contributed by atoms with Crippen molar-refractivity contribution in [1.82, 2.24) is 14.9 Å². The van der Waals surface area contributed by atoms with Gasteiger partial charge in [-0.15, -0.1) is 0 Å². The summed E-state index contributed by atoms with van der Waals surface area (Å²) in [6.45, 7) is 0.622. The highest BCUT2D eigenvalue weighted by Crippen LogP contribution is 2.06. The van der Waals surface area contributed by atoms with Gasteiger partial charge in [0.2, 0.25) is 0 Å². The predicted octanol–water partition coefficient (Wildman–Crippen LogP) is 2.44. The SMILES string of the molecule is CN(CCc1ccccc1)C(=O)c1cncc(Cl)n1. The van der Waals surface area contributed by atoms with Crippen LogP contribution in [0.25, 0.3) is 0 Å². The monoisotopic (exact) mass is 275 g/mol. The Balaban J connectivity index is 1.96. The molecule has 0 atom stereocenters. The number of hydrogen-bond donors (Lipinski definition) is 0. The highest BCUT2D eigenvalue weighted by Gasteiger charge is 2.13. The van der Waals surface area contributed by atoms with E-state index in [0.717, 1.165) is 6.42 Å². The molecule has 2 aromatic rings. The van der Waals surface area contributed by atoms with Gasteiger partial charge in [-0.2, -0.15) is 0 Å². The van der Waals surface area contributed by atoms with Gasteiger partial charge in [0.25, 0.3) is 5.91 Å². The molecular weight excluding hydrogens is 262 g/mol. The molecule has 1 aromatic heterocycles. The fourth-order valence-electron chi connectivity index (χ4n) is 1.68. The number of amides is 1. The first kappa shape index (κ1) is 13.5. The summed E-state index contributed by atoms with van der Waals surface area (Å²) in [4.78, 5) is 21.5. The maximum Gasteiger partial charge on any atom is 0.273 e. The van der Waals surface area contributed by atoms with Gasteiger partial charge in [0.1, 0.15) is 10.8 Å². The number of nitrogens with zero attached hydrogens (tertiary/aromatic N) is 3. The number of benzene rings is 1. The summed E-state index contributed by atoms with van der Waals surface area (Å²) in [7, 11) is 1.74. The number of halogens is 1. The number of hydrogen-bond acceptors (Lipinski definition) is 3. The Kier molecular flexibility index (Phi) is 4.47. The van der Waals surface area contributed by atoms with Gasteiger partial charge in [0.05, 0.1) is 12.4 Å². The minimum absolute atomic E-state index is 0.175. The molecule has 0 aliphatic carbocycles. The lowest BCUT2D eigenvalue weighted by atomic mass is 10.1. The zero-order valence-electron chi connectivity index (χ0n) is 10.6. The molecule has 2 rings (SSSR count). The van der Waals surface area contributed by atoms with Crippen LogP contribution in [0.3, 0.4) is 0 Å². The van der Waals surface area contributed by atoms with Crippen molar-refractivity contribution in [2.75, 3.05) is 13.6 Å². The van der Waals surface area contributed by atoms with Crippen molar-refractivity contribution in [2.24, 2.45) is 0 Å². The molecule has 0 spiro atoms. The Bertz CT molecular complexity index is 560. The van der Waals surface area contributed by atoms with E-state index in [2.05, 4.69) is 9.97 Å². The van der Waals surface area contributed by atoms with Crippen LogP contribution in [0, 0.1) is 0 Å². The molecule has 4 nitrogen and oxygen atoms in total. The first-order valence-corrected chi connectivity index (χ1v) is 6.31. The molecular formula is C14H14ClN3O. The number of carbonyl (C=O) groups is 1. The third-order valence-corrected chi connectivity index (χ3v) is 2.93. The molecule has 98 valence electrons. The second-order valence-corrected chi connectivity index (χ2v) is 4.58. The predicted molar refractivity (Wildman–Crippen MR) is 74.1 cm³/mol. The second kappa shape index (κ2) is 6.29. The summed E-state index contributed by atoms with van der Waals surface area (Å²) >= 11 is 5.72. The molecule has 1 amide bonds. The minimum atomic E-state index is -0.175. The lowest BCUT2D eigenvalue weighted by Crippen LogP contribution is -2.29. The van der Waals surface area contributed by atoms with Gasteiger partial charge in [-0.1, -0.05) is 41.9 Å². The van der Waals surface area contributed by atoms with E-state index in [1.807, 2.05) is 30.3 Å². The summed E-state index contributed by atoms with van der Waals surface area (Å²) in [5, 5.41) is 0.224. The van der Waals surface area contributed by atoms with Crippen LogP contribution in [-0.2, 0) is 6.42 Å². The van der Waals surface area contributed by atoms with E-state index in [0.29, 0.717) is 6.54 Å². The van der Waals surface area contributed by atoms with Crippen LogP contribution in [0.2, 0.25) is 5.15 Å². The van der Waals surface area contributed by atoms with Crippen LogP contribution in [-0.4, -0.2) is 34.4 Å². The van der Waals surface area contributed by atoms with E-state index in [1.165, 1.54) is 18.0 Å². The molecule has 0 unspecified atom stereocenters. The van der Waals surface area contributed by atoms with Crippen molar-refractivity contribution < 1.29 is 4.79 Å². The Hall–Kier alpha value is -1.94. The third kappa shape index (κ3) is 3.76. The summed E-state index contributed by atoms with van der Waals surface area (Å²) in [6.07, 6.45) is 3.63. The van der Waals surface area contributed by atoms with Gasteiger partial charge in [-0.3, -0.25) is 9.78 Å². The van der Waals surface area contributed by atoms with Gasteiger partial charge >= 0.3 is 0 Å². The number of aromatic nitrogens is 2. The Morgan fingerprint density at radius 2 is 2.00 bits per heavy atom. The number of rotatable bonds is 4. The lowest BCUT2D eigenvalue weighted by molar-refractivity contribution is 0.0790. The molecule has 0 saturated carbocycles. The molecule has 0 radical (unpaired) electrons. The highest BCUT2D eigenvalue weighted by molar-refractivity contribution is 6.29.